The van der Waals surface area contributed by atoms with E-state index in [4.69, 9.17) is 9.84 Å². The van der Waals surface area contributed by atoms with Gasteiger partial charge in [0.05, 0.1) is 12.6 Å². The zero-order valence-corrected chi connectivity index (χ0v) is 9.72. The van der Waals surface area contributed by atoms with Gasteiger partial charge in [-0.15, -0.1) is 0 Å². The Balaban J connectivity index is 2.10. The molecule has 0 aromatic carbocycles. The fourth-order valence-electron chi connectivity index (χ4n) is 1.85. The Morgan fingerprint density at radius 2 is 2.19 bits per heavy atom. The molecule has 6 nitrogen and oxygen atoms in total. The molecule has 2 fully saturated rings. The SMILES string of the molecule is CCN=C1NC2C(OC(CO)C(O)C2O)S1. The van der Waals surface area contributed by atoms with E-state index in [2.05, 4.69) is 10.3 Å². The van der Waals surface area contributed by atoms with E-state index >= 15 is 0 Å². The molecule has 0 aromatic rings. The molecule has 0 saturated carbocycles. The van der Waals surface area contributed by atoms with Gasteiger partial charge < -0.3 is 25.4 Å². The predicted molar refractivity (Wildman–Crippen MR) is 60.3 cm³/mol. The van der Waals surface area contributed by atoms with E-state index in [9.17, 15) is 10.2 Å². The van der Waals surface area contributed by atoms with Crippen LogP contribution in [0.5, 0.6) is 0 Å². The quantitative estimate of drug-likeness (QED) is 0.475. The van der Waals surface area contributed by atoms with E-state index in [0.29, 0.717) is 11.7 Å². The van der Waals surface area contributed by atoms with Gasteiger partial charge in [-0.25, -0.2) is 0 Å². The Morgan fingerprint density at radius 1 is 1.44 bits per heavy atom. The van der Waals surface area contributed by atoms with Crippen molar-refractivity contribution in [2.45, 2.75) is 36.7 Å². The molecule has 92 valence electrons. The minimum Gasteiger partial charge on any atom is -0.394 e. The number of nitrogens with one attached hydrogen (secondary N) is 1. The van der Waals surface area contributed by atoms with E-state index in [0.717, 1.165) is 0 Å². The molecule has 4 N–H and O–H groups in total. The van der Waals surface area contributed by atoms with Gasteiger partial charge in [0.25, 0.3) is 0 Å². The van der Waals surface area contributed by atoms with Gasteiger partial charge in [-0.2, -0.15) is 0 Å². The molecule has 7 heteroatoms. The lowest BCUT2D eigenvalue weighted by Gasteiger charge is -2.38. The van der Waals surface area contributed by atoms with Crippen molar-refractivity contribution >= 4 is 16.9 Å². The van der Waals surface area contributed by atoms with Gasteiger partial charge in [0, 0.05) is 6.54 Å². The van der Waals surface area contributed by atoms with E-state index in [1.165, 1.54) is 11.8 Å². The Morgan fingerprint density at radius 3 is 2.81 bits per heavy atom. The Hall–Kier alpha value is -0.340. The lowest BCUT2D eigenvalue weighted by Crippen LogP contribution is -2.59. The number of hydrogen-bond donors (Lipinski definition) is 4. The lowest BCUT2D eigenvalue weighted by molar-refractivity contribution is -0.167. The zero-order valence-electron chi connectivity index (χ0n) is 8.91. The molecule has 2 saturated heterocycles. The number of amidine groups is 1. The number of ether oxygens (including phenoxy) is 1. The van der Waals surface area contributed by atoms with Crippen LogP contribution >= 0.6 is 11.8 Å². The maximum Gasteiger partial charge on any atom is 0.159 e. The molecular formula is C9H16N2O4S. The normalized spacial score (nSPS) is 45.5. The molecule has 0 aliphatic carbocycles. The summed E-state index contributed by atoms with van der Waals surface area (Å²) < 4.78 is 5.48. The van der Waals surface area contributed by atoms with Crippen LogP contribution in [0.4, 0.5) is 0 Å². The molecule has 2 aliphatic rings. The number of fused-ring (bicyclic) bond motifs is 1. The first-order chi connectivity index (χ1) is 7.67. The molecule has 2 aliphatic heterocycles. The Labute approximate surface area is 97.7 Å². The standard InChI is InChI=1S/C9H16N2O4S/c1-2-10-9-11-5-7(14)6(13)4(3-12)15-8(5)16-9/h4-8,12-14H,2-3H2,1H3,(H,10,11). The highest BCUT2D eigenvalue weighted by Crippen LogP contribution is 2.33. The van der Waals surface area contributed by atoms with Crippen LogP contribution in [-0.2, 0) is 4.74 Å². The molecule has 5 unspecified atom stereocenters. The van der Waals surface area contributed by atoms with Gasteiger partial charge in [0.15, 0.2) is 5.17 Å². The number of aliphatic hydroxyl groups is 3. The van der Waals surface area contributed by atoms with E-state index in [1.807, 2.05) is 6.92 Å². The van der Waals surface area contributed by atoms with Gasteiger partial charge in [-0.05, 0) is 6.92 Å². The maximum absolute atomic E-state index is 9.86. The summed E-state index contributed by atoms with van der Waals surface area (Å²) in [7, 11) is 0. The summed E-state index contributed by atoms with van der Waals surface area (Å²) in [5, 5.41) is 32.3. The van der Waals surface area contributed by atoms with E-state index < -0.39 is 18.3 Å². The fraction of sp³-hybridized carbons (Fsp3) is 0.889. The highest BCUT2D eigenvalue weighted by Gasteiger charge is 2.48. The van der Waals surface area contributed by atoms with Crippen LogP contribution in [0.2, 0.25) is 0 Å². The first-order valence-corrected chi connectivity index (χ1v) is 6.15. The molecule has 0 radical (unpaired) electrons. The van der Waals surface area contributed by atoms with E-state index in [1.54, 1.807) is 0 Å². The summed E-state index contributed by atoms with van der Waals surface area (Å²) in [6.45, 7) is 2.26. The molecule has 2 heterocycles. The first-order valence-electron chi connectivity index (χ1n) is 5.27. The average Bonchev–Trinajstić information content (AvgIpc) is 2.67. The van der Waals surface area contributed by atoms with Crippen molar-refractivity contribution in [1.29, 1.82) is 0 Å². The van der Waals surface area contributed by atoms with Gasteiger partial charge >= 0.3 is 0 Å². The number of thioether (sulfide) groups is 1. The average molecular weight is 248 g/mol. The summed E-state index contributed by atoms with van der Waals surface area (Å²) in [6, 6.07) is -0.368. The highest BCUT2D eigenvalue weighted by molar-refractivity contribution is 8.14. The molecule has 2 rings (SSSR count). The van der Waals surface area contributed by atoms with Gasteiger partial charge in [0.1, 0.15) is 23.7 Å². The molecule has 16 heavy (non-hydrogen) atoms. The van der Waals surface area contributed by atoms with Gasteiger partial charge in [-0.1, -0.05) is 11.8 Å². The Kier molecular flexibility index (Phi) is 3.70. The molecule has 0 spiro atoms. The molecule has 0 amide bonds. The minimum absolute atomic E-state index is 0.303. The topological polar surface area (TPSA) is 94.3 Å². The van der Waals surface area contributed by atoms with Crippen molar-refractivity contribution in [1.82, 2.24) is 5.32 Å². The summed E-state index contributed by atoms with van der Waals surface area (Å²) in [5.41, 5.74) is -0.305. The molecule has 5 atom stereocenters. The van der Waals surface area contributed by atoms with Crippen molar-refractivity contribution in [3.63, 3.8) is 0 Å². The monoisotopic (exact) mass is 248 g/mol. The van der Waals surface area contributed by atoms with Crippen LogP contribution in [0.3, 0.4) is 0 Å². The third-order valence-corrected chi connectivity index (χ3v) is 3.81. The van der Waals surface area contributed by atoms with Crippen molar-refractivity contribution in [2.75, 3.05) is 13.2 Å². The van der Waals surface area contributed by atoms with Crippen molar-refractivity contribution in [2.24, 2.45) is 4.99 Å². The summed E-state index contributed by atoms with van der Waals surface area (Å²) >= 11 is 1.38. The second-order valence-corrected chi connectivity index (χ2v) is 4.86. The van der Waals surface area contributed by atoms with Crippen molar-refractivity contribution in [3.05, 3.63) is 0 Å². The molecule has 0 bridgehead atoms. The summed E-state index contributed by atoms with van der Waals surface area (Å²) in [4.78, 5) is 4.19. The maximum atomic E-state index is 9.86. The van der Waals surface area contributed by atoms with Crippen molar-refractivity contribution in [3.8, 4) is 0 Å². The zero-order chi connectivity index (χ0) is 11.7. The van der Waals surface area contributed by atoms with Crippen LogP contribution in [-0.4, -0.2) is 63.4 Å². The van der Waals surface area contributed by atoms with Crippen LogP contribution in [0, 0.1) is 0 Å². The summed E-state index contributed by atoms with van der Waals surface area (Å²) in [5.74, 6) is 0. The Bertz CT molecular complexity index is 289. The smallest absolute Gasteiger partial charge is 0.159 e. The number of aliphatic imine (C=N–C) groups is 1. The van der Waals surface area contributed by atoms with Crippen LogP contribution in [0.1, 0.15) is 6.92 Å². The van der Waals surface area contributed by atoms with Gasteiger partial charge in [-0.3, -0.25) is 4.99 Å². The fourth-order valence-corrected chi connectivity index (χ4v) is 3.05. The number of aliphatic hydroxyl groups excluding tert-OH is 3. The van der Waals surface area contributed by atoms with Crippen LogP contribution in [0.25, 0.3) is 0 Å². The number of rotatable bonds is 2. The van der Waals surface area contributed by atoms with Gasteiger partial charge in [0.2, 0.25) is 0 Å². The van der Waals surface area contributed by atoms with Crippen LogP contribution in [0.15, 0.2) is 4.99 Å². The second kappa shape index (κ2) is 4.89. The van der Waals surface area contributed by atoms with E-state index in [-0.39, 0.29) is 18.1 Å². The molecule has 0 aromatic heterocycles. The largest absolute Gasteiger partial charge is 0.394 e. The van der Waals surface area contributed by atoms with Crippen molar-refractivity contribution < 1.29 is 20.1 Å². The predicted octanol–water partition coefficient (Wildman–Crippen LogP) is -1.49. The minimum atomic E-state index is -1.07. The third-order valence-electron chi connectivity index (χ3n) is 2.70. The lowest BCUT2D eigenvalue weighted by atomic mass is 9.98. The molecular weight excluding hydrogens is 232 g/mol. The summed E-state index contributed by atoms with van der Waals surface area (Å²) in [6.07, 6.45) is -2.75. The highest BCUT2D eigenvalue weighted by atomic mass is 32.2. The number of nitrogens with zero attached hydrogens (tertiary/aromatic N) is 1. The number of hydrogen-bond acceptors (Lipinski definition) is 6. The second-order valence-electron chi connectivity index (χ2n) is 3.77. The third kappa shape index (κ3) is 2.05. The van der Waals surface area contributed by atoms with Crippen LogP contribution < -0.4 is 5.32 Å². The first kappa shape index (κ1) is 12.1.